The van der Waals surface area contributed by atoms with Crippen molar-refractivity contribution in [3.05, 3.63) is 71.8 Å². The average molecular weight is 805 g/mol. The number of nitrogens with one attached hydrogen (secondary N) is 1. The molecule has 2 saturated carbocycles. The van der Waals surface area contributed by atoms with Crippen LogP contribution in [0.25, 0.3) is 0 Å². The molecular weight excluding hydrogens is 721 g/mol. The Kier molecular flexibility index (Phi) is 21.0. The van der Waals surface area contributed by atoms with E-state index >= 15 is 0 Å². The summed E-state index contributed by atoms with van der Waals surface area (Å²) in [5.74, 6) is 4.41. The molecule has 2 aromatic carbocycles. The van der Waals surface area contributed by atoms with E-state index in [0.717, 1.165) is 102 Å². The van der Waals surface area contributed by atoms with E-state index in [1.165, 1.54) is 69.3 Å². The summed E-state index contributed by atoms with van der Waals surface area (Å²) in [4.78, 5) is 7.48. The molecule has 8 nitrogen and oxygen atoms in total. The predicted molar refractivity (Wildman–Crippen MR) is 240 cm³/mol. The topological polar surface area (TPSA) is 73.0 Å². The van der Waals surface area contributed by atoms with Crippen LogP contribution >= 0.6 is 0 Å². The van der Waals surface area contributed by atoms with Crippen molar-refractivity contribution in [2.75, 3.05) is 91.8 Å². The Balaban J connectivity index is 0.000000184. The van der Waals surface area contributed by atoms with Gasteiger partial charge in [-0.05, 0) is 85.2 Å². The summed E-state index contributed by atoms with van der Waals surface area (Å²) in [7, 11) is 0. The Morgan fingerprint density at radius 1 is 0.655 bits per heavy atom. The molecule has 8 heteroatoms. The van der Waals surface area contributed by atoms with Crippen molar-refractivity contribution >= 4 is 0 Å². The molecular formula is C50H84N4O4. The number of epoxide rings is 1. The number of rotatable bonds is 16. The molecule has 0 radical (unpaired) electrons. The fraction of sp³-hybridized carbons (Fsp3) is 0.760. The maximum Gasteiger partial charge on any atom is 0.104 e. The molecule has 328 valence electrons. The number of benzene rings is 2. The number of aliphatic hydroxyl groups excluding tert-OH is 1. The molecule has 0 bridgehead atoms. The third kappa shape index (κ3) is 17.6. The second kappa shape index (κ2) is 25.8. The molecule has 3 aliphatic heterocycles. The van der Waals surface area contributed by atoms with Crippen LogP contribution in [0.15, 0.2) is 60.7 Å². The quantitative estimate of drug-likeness (QED) is 0.168. The average Bonchev–Trinajstić information content (AvgIpc) is 4.07. The van der Waals surface area contributed by atoms with E-state index in [-0.39, 0.29) is 6.10 Å². The van der Waals surface area contributed by atoms with Crippen LogP contribution in [0.5, 0.6) is 0 Å². The SMILES string of the molecule is CC1CCC(C(C)C)C(OCC(O)CN2CCN(CCc3ccccc3)CC2)C1.CC1CCC(C(C)C)C(OCC2CO2)C1.c1ccc(CCN2CCNCC2)cc1. The summed E-state index contributed by atoms with van der Waals surface area (Å²) < 4.78 is 17.5. The van der Waals surface area contributed by atoms with Crippen LogP contribution in [0.2, 0.25) is 0 Å². The Bertz CT molecular complexity index is 1330. The van der Waals surface area contributed by atoms with Gasteiger partial charge in [0, 0.05) is 72.0 Å². The van der Waals surface area contributed by atoms with Crippen molar-refractivity contribution in [3.8, 4) is 0 Å². The van der Waals surface area contributed by atoms with Gasteiger partial charge in [0.2, 0.25) is 0 Å². The highest BCUT2D eigenvalue weighted by Crippen LogP contribution is 2.36. The molecule has 7 rings (SSSR count). The summed E-state index contributed by atoms with van der Waals surface area (Å²) in [6, 6.07) is 21.5. The van der Waals surface area contributed by atoms with Crippen LogP contribution in [-0.4, -0.2) is 136 Å². The summed E-state index contributed by atoms with van der Waals surface area (Å²) in [6.45, 7) is 28.2. The van der Waals surface area contributed by atoms with Crippen molar-refractivity contribution in [2.45, 2.75) is 117 Å². The number of β-amino-alcohol motifs (C(OH)–C–C–N with tert-alkyl or cyclic N) is 1. The first-order valence-electron chi connectivity index (χ1n) is 23.6. The summed E-state index contributed by atoms with van der Waals surface area (Å²) in [5.41, 5.74) is 2.87. The minimum Gasteiger partial charge on any atom is -0.389 e. The first-order valence-corrected chi connectivity index (χ1v) is 23.6. The molecule has 5 fully saturated rings. The lowest BCUT2D eigenvalue weighted by atomic mass is 9.75. The Morgan fingerprint density at radius 3 is 1.60 bits per heavy atom. The molecule has 2 N–H and O–H groups in total. The zero-order valence-corrected chi connectivity index (χ0v) is 37.6. The molecule has 5 aliphatic rings. The molecule has 3 saturated heterocycles. The lowest BCUT2D eigenvalue weighted by Crippen LogP contribution is -2.49. The largest absolute Gasteiger partial charge is 0.389 e. The van der Waals surface area contributed by atoms with Crippen LogP contribution in [0.1, 0.15) is 91.2 Å². The maximum absolute atomic E-state index is 10.6. The smallest absolute Gasteiger partial charge is 0.104 e. The monoisotopic (exact) mass is 805 g/mol. The first kappa shape index (κ1) is 47.2. The first-order chi connectivity index (χ1) is 28.1. The Labute approximate surface area is 354 Å². The minimum atomic E-state index is -0.379. The van der Waals surface area contributed by atoms with Gasteiger partial charge in [-0.2, -0.15) is 0 Å². The van der Waals surface area contributed by atoms with E-state index in [1.807, 2.05) is 0 Å². The lowest BCUT2D eigenvalue weighted by molar-refractivity contribution is -0.0754. The van der Waals surface area contributed by atoms with Crippen molar-refractivity contribution in [1.82, 2.24) is 20.0 Å². The van der Waals surface area contributed by atoms with Crippen molar-refractivity contribution in [2.24, 2.45) is 35.5 Å². The predicted octanol–water partition coefficient (Wildman–Crippen LogP) is 7.68. The lowest BCUT2D eigenvalue weighted by Gasteiger charge is -2.38. The Hall–Kier alpha value is -1.88. The molecule has 0 amide bonds. The van der Waals surface area contributed by atoms with Crippen LogP contribution in [0.3, 0.4) is 0 Å². The standard InChI is InChI=1S/C25H42N2O2.C13H24O2.C12H18N2/c1-20(2)24-10-9-21(3)17-25(24)29-19-23(28)18-27-15-13-26(14-16-27)12-11-22-7-5-4-6-8-22;1-9(2)12-5-4-10(3)6-13(12)15-8-11-7-14-11;1-2-4-12(5-3-1)6-9-14-10-7-13-8-11-14/h4-8,20-21,23-25,28H,9-19H2,1-3H3;9-13H,4-8H2,1-3H3;1-5,13H,6-11H2. The van der Waals surface area contributed by atoms with Gasteiger partial charge in [0.1, 0.15) is 6.10 Å². The van der Waals surface area contributed by atoms with E-state index in [1.54, 1.807) is 0 Å². The van der Waals surface area contributed by atoms with E-state index in [2.05, 4.69) is 122 Å². The third-order valence-electron chi connectivity index (χ3n) is 13.6. The second-order valence-electron chi connectivity index (χ2n) is 19.2. The zero-order chi connectivity index (χ0) is 41.1. The van der Waals surface area contributed by atoms with Crippen molar-refractivity contribution in [3.63, 3.8) is 0 Å². The van der Waals surface area contributed by atoms with Crippen LogP contribution in [-0.2, 0) is 27.1 Å². The van der Waals surface area contributed by atoms with Gasteiger partial charge in [-0.1, -0.05) is 115 Å². The molecule has 8 atom stereocenters. The molecule has 58 heavy (non-hydrogen) atoms. The molecule has 2 aromatic rings. The van der Waals surface area contributed by atoms with Gasteiger partial charge in [0.05, 0.1) is 38.1 Å². The molecule has 2 aliphatic carbocycles. The summed E-state index contributed by atoms with van der Waals surface area (Å²) in [6.07, 6.45) is 10.8. The van der Waals surface area contributed by atoms with Gasteiger partial charge in [0.15, 0.2) is 0 Å². The van der Waals surface area contributed by atoms with E-state index in [9.17, 15) is 5.11 Å². The highest BCUT2D eigenvalue weighted by Gasteiger charge is 2.34. The highest BCUT2D eigenvalue weighted by molar-refractivity contribution is 5.15. The number of hydrogen-bond acceptors (Lipinski definition) is 8. The normalized spacial score (nSPS) is 28.9. The van der Waals surface area contributed by atoms with E-state index in [4.69, 9.17) is 14.2 Å². The number of piperazine rings is 2. The van der Waals surface area contributed by atoms with Crippen molar-refractivity contribution in [1.29, 1.82) is 0 Å². The fourth-order valence-electron chi connectivity index (χ4n) is 9.59. The number of hydrogen-bond donors (Lipinski definition) is 2. The molecule has 0 aromatic heterocycles. The number of nitrogens with zero attached hydrogens (tertiary/aromatic N) is 3. The van der Waals surface area contributed by atoms with Crippen LogP contribution < -0.4 is 5.32 Å². The van der Waals surface area contributed by atoms with Gasteiger partial charge in [-0.15, -0.1) is 0 Å². The summed E-state index contributed by atoms with van der Waals surface area (Å²) in [5, 5.41) is 13.9. The number of ether oxygens (including phenoxy) is 3. The zero-order valence-electron chi connectivity index (χ0n) is 37.6. The maximum atomic E-state index is 10.6. The second-order valence-corrected chi connectivity index (χ2v) is 19.2. The van der Waals surface area contributed by atoms with E-state index in [0.29, 0.717) is 36.8 Å². The number of aliphatic hydroxyl groups is 1. The van der Waals surface area contributed by atoms with Crippen LogP contribution in [0.4, 0.5) is 0 Å². The van der Waals surface area contributed by atoms with Gasteiger partial charge in [-0.25, -0.2) is 0 Å². The molecule has 0 spiro atoms. The van der Waals surface area contributed by atoms with Crippen molar-refractivity contribution < 1.29 is 19.3 Å². The van der Waals surface area contributed by atoms with Gasteiger partial charge < -0.3 is 34.4 Å². The van der Waals surface area contributed by atoms with Gasteiger partial charge in [-0.3, -0.25) is 4.90 Å². The highest BCUT2D eigenvalue weighted by atomic mass is 16.6. The summed E-state index contributed by atoms with van der Waals surface area (Å²) >= 11 is 0. The molecule has 3 heterocycles. The van der Waals surface area contributed by atoms with E-state index < -0.39 is 0 Å². The third-order valence-corrected chi connectivity index (χ3v) is 13.6. The van der Waals surface area contributed by atoms with Crippen LogP contribution in [0, 0.1) is 35.5 Å². The van der Waals surface area contributed by atoms with Gasteiger partial charge in [0.25, 0.3) is 0 Å². The minimum absolute atomic E-state index is 0.322. The Morgan fingerprint density at radius 2 is 1.12 bits per heavy atom. The molecule has 8 unspecified atom stereocenters. The van der Waals surface area contributed by atoms with Gasteiger partial charge >= 0.3 is 0 Å². The fourth-order valence-corrected chi connectivity index (χ4v) is 9.59.